The first-order chi connectivity index (χ1) is 12.2. The number of nitrogens with zero attached hydrogens (tertiary/aromatic N) is 1. The highest BCUT2D eigenvalue weighted by Gasteiger charge is 2.34. The van der Waals surface area contributed by atoms with Crippen LogP contribution in [0.3, 0.4) is 0 Å². The Kier molecular flexibility index (Phi) is 6.32. The Morgan fingerprint density at radius 2 is 1.92 bits per heavy atom. The van der Waals surface area contributed by atoms with Crippen molar-refractivity contribution in [3.8, 4) is 0 Å². The predicted octanol–water partition coefficient (Wildman–Crippen LogP) is 2.68. The summed E-state index contributed by atoms with van der Waals surface area (Å²) in [6.45, 7) is 2.17. The topological polar surface area (TPSA) is 61.8 Å². The van der Waals surface area contributed by atoms with Gasteiger partial charge in [0, 0.05) is 18.5 Å². The average molecular weight is 346 g/mol. The number of hydrogen-bond acceptors (Lipinski definition) is 3. The largest absolute Gasteiger partial charge is 0.394 e. The summed E-state index contributed by atoms with van der Waals surface area (Å²) < 4.78 is 5.44. The van der Waals surface area contributed by atoms with Crippen molar-refractivity contribution >= 4 is 6.03 Å². The first-order valence-electron chi connectivity index (χ1n) is 9.54. The summed E-state index contributed by atoms with van der Waals surface area (Å²) in [7, 11) is 0. The minimum absolute atomic E-state index is 0.0378. The molecule has 5 nitrogen and oxygen atoms in total. The lowest BCUT2D eigenvalue weighted by atomic mass is 9.74. The summed E-state index contributed by atoms with van der Waals surface area (Å²) in [6, 6.07) is 10.6. The highest BCUT2D eigenvalue weighted by molar-refractivity contribution is 5.74. The van der Waals surface area contributed by atoms with Crippen LogP contribution in [0.1, 0.15) is 44.1 Å². The zero-order valence-corrected chi connectivity index (χ0v) is 15.0. The second kappa shape index (κ2) is 8.68. The first kappa shape index (κ1) is 18.2. The Bertz CT molecular complexity index is 541. The third kappa shape index (κ3) is 4.53. The number of carbonyl (C=O) groups excluding carboxylic acids is 1. The van der Waals surface area contributed by atoms with E-state index in [1.165, 1.54) is 31.2 Å². The smallest absolute Gasteiger partial charge is 0.317 e. The molecule has 1 saturated heterocycles. The standard InChI is InChI=1S/C20H30N2O3/c23-15-18-14-22(12-13-25-18)19(24)21-16-20(10-6-1-2-7-11-20)17-8-4-3-5-9-17/h3-5,8-9,18,23H,1-2,6-7,10-16H2,(H,21,24)/t18-/m0/s1. The molecule has 1 aliphatic carbocycles. The van der Waals surface area contributed by atoms with Crippen molar-refractivity contribution in [2.24, 2.45) is 0 Å². The van der Waals surface area contributed by atoms with Crippen LogP contribution in [-0.2, 0) is 10.2 Å². The van der Waals surface area contributed by atoms with Crippen LogP contribution in [0.4, 0.5) is 4.79 Å². The van der Waals surface area contributed by atoms with Gasteiger partial charge < -0.3 is 20.1 Å². The minimum atomic E-state index is -0.263. The average Bonchev–Trinajstić information content (AvgIpc) is 2.93. The molecular weight excluding hydrogens is 316 g/mol. The highest BCUT2D eigenvalue weighted by Crippen LogP contribution is 2.37. The molecule has 1 atom stereocenters. The van der Waals surface area contributed by atoms with Crippen molar-refractivity contribution in [3.05, 3.63) is 35.9 Å². The number of rotatable bonds is 4. The van der Waals surface area contributed by atoms with E-state index >= 15 is 0 Å². The third-order valence-corrected chi connectivity index (χ3v) is 5.65. The quantitative estimate of drug-likeness (QED) is 0.824. The van der Waals surface area contributed by atoms with E-state index in [2.05, 4.69) is 35.6 Å². The van der Waals surface area contributed by atoms with E-state index in [-0.39, 0.29) is 24.2 Å². The van der Waals surface area contributed by atoms with Crippen LogP contribution in [0.25, 0.3) is 0 Å². The fraction of sp³-hybridized carbons (Fsp3) is 0.650. The molecular formula is C20H30N2O3. The number of amides is 2. The van der Waals surface area contributed by atoms with Gasteiger partial charge >= 0.3 is 6.03 Å². The third-order valence-electron chi connectivity index (χ3n) is 5.65. The van der Waals surface area contributed by atoms with Crippen molar-refractivity contribution in [1.82, 2.24) is 10.2 Å². The van der Waals surface area contributed by atoms with E-state index in [4.69, 9.17) is 4.74 Å². The van der Waals surface area contributed by atoms with Crippen LogP contribution in [-0.4, -0.2) is 55.0 Å². The lowest BCUT2D eigenvalue weighted by molar-refractivity contribution is -0.0403. The first-order valence-corrected chi connectivity index (χ1v) is 9.54. The molecule has 1 saturated carbocycles. The van der Waals surface area contributed by atoms with E-state index in [1.807, 2.05) is 0 Å². The number of ether oxygens (including phenoxy) is 1. The van der Waals surface area contributed by atoms with Gasteiger partial charge in [0.05, 0.1) is 25.9 Å². The lowest BCUT2D eigenvalue weighted by Crippen LogP contribution is -2.52. The SMILES string of the molecule is O=C(NCC1(c2ccccc2)CCCCCC1)N1CCO[C@H](CO)C1. The van der Waals surface area contributed by atoms with Crippen molar-refractivity contribution in [2.75, 3.05) is 32.8 Å². The molecule has 2 aliphatic rings. The Morgan fingerprint density at radius 3 is 2.60 bits per heavy atom. The maximum Gasteiger partial charge on any atom is 0.317 e. The summed E-state index contributed by atoms with van der Waals surface area (Å²) in [5, 5.41) is 12.4. The molecule has 0 aromatic heterocycles. The van der Waals surface area contributed by atoms with Crippen molar-refractivity contribution in [1.29, 1.82) is 0 Å². The van der Waals surface area contributed by atoms with E-state index in [9.17, 15) is 9.90 Å². The Morgan fingerprint density at radius 1 is 1.20 bits per heavy atom. The van der Waals surface area contributed by atoms with E-state index in [0.29, 0.717) is 26.2 Å². The Hall–Kier alpha value is -1.59. The van der Waals surface area contributed by atoms with Crippen LogP contribution in [0.5, 0.6) is 0 Å². The molecule has 0 radical (unpaired) electrons. The van der Waals surface area contributed by atoms with Gasteiger partial charge in [0.15, 0.2) is 0 Å². The minimum Gasteiger partial charge on any atom is -0.394 e. The van der Waals surface area contributed by atoms with Crippen molar-refractivity contribution < 1.29 is 14.6 Å². The van der Waals surface area contributed by atoms with Gasteiger partial charge in [-0.25, -0.2) is 4.79 Å². The summed E-state index contributed by atoms with van der Waals surface area (Å²) >= 11 is 0. The van der Waals surface area contributed by atoms with Crippen LogP contribution in [0.2, 0.25) is 0 Å². The number of morpholine rings is 1. The second-order valence-corrected chi connectivity index (χ2v) is 7.34. The normalized spacial score (nSPS) is 23.7. The van der Waals surface area contributed by atoms with E-state index in [1.54, 1.807) is 4.90 Å². The highest BCUT2D eigenvalue weighted by atomic mass is 16.5. The maximum absolute atomic E-state index is 12.6. The van der Waals surface area contributed by atoms with Crippen molar-refractivity contribution in [2.45, 2.75) is 50.0 Å². The number of urea groups is 1. The maximum atomic E-state index is 12.6. The van der Waals surface area contributed by atoms with Gasteiger partial charge in [-0.05, 0) is 18.4 Å². The molecule has 3 rings (SSSR count). The molecule has 5 heteroatoms. The monoisotopic (exact) mass is 346 g/mol. The predicted molar refractivity (Wildman–Crippen MR) is 97.6 cm³/mol. The van der Waals surface area contributed by atoms with Gasteiger partial charge in [0.1, 0.15) is 0 Å². The molecule has 0 unspecified atom stereocenters. The molecule has 138 valence electrons. The van der Waals surface area contributed by atoms with E-state index < -0.39 is 0 Å². The van der Waals surface area contributed by atoms with E-state index in [0.717, 1.165) is 12.8 Å². The second-order valence-electron chi connectivity index (χ2n) is 7.34. The zero-order chi connectivity index (χ0) is 17.5. The van der Waals surface area contributed by atoms with Crippen LogP contribution < -0.4 is 5.32 Å². The molecule has 1 aliphatic heterocycles. The number of hydrogen-bond donors (Lipinski definition) is 2. The Balaban J connectivity index is 1.67. The summed E-state index contributed by atoms with van der Waals surface area (Å²) in [5.41, 5.74) is 1.38. The number of carbonyl (C=O) groups is 1. The molecule has 2 fully saturated rings. The zero-order valence-electron chi connectivity index (χ0n) is 15.0. The molecule has 1 aromatic rings. The van der Waals surface area contributed by atoms with Crippen LogP contribution in [0.15, 0.2) is 30.3 Å². The molecule has 2 N–H and O–H groups in total. The molecule has 0 spiro atoms. The van der Waals surface area contributed by atoms with Gasteiger partial charge in [-0.15, -0.1) is 0 Å². The Labute approximate surface area is 150 Å². The van der Waals surface area contributed by atoms with Gasteiger partial charge in [-0.2, -0.15) is 0 Å². The summed E-state index contributed by atoms with van der Waals surface area (Å²) in [6.07, 6.45) is 6.98. The van der Waals surface area contributed by atoms with Crippen molar-refractivity contribution in [3.63, 3.8) is 0 Å². The fourth-order valence-electron chi connectivity index (χ4n) is 4.14. The molecule has 0 bridgehead atoms. The van der Waals surface area contributed by atoms with Gasteiger partial charge in [0.2, 0.25) is 0 Å². The van der Waals surface area contributed by atoms with Gasteiger partial charge in [-0.3, -0.25) is 0 Å². The number of benzene rings is 1. The molecule has 1 heterocycles. The summed E-state index contributed by atoms with van der Waals surface area (Å²) in [5.74, 6) is 0. The lowest BCUT2D eigenvalue weighted by Gasteiger charge is -2.36. The fourth-order valence-corrected chi connectivity index (χ4v) is 4.14. The summed E-state index contributed by atoms with van der Waals surface area (Å²) in [4.78, 5) is 14.4. The van der Waals surface area contributed by atoms with Gasteiger partial charge in [0.25, 0.3) is 0 Å². The molecule has 2 amide bonds. The van der Waals surface area contributed by atoms with Crippen LogP contribution >= 0.6 is 0 Å². The van der Waals surface area contributed by atoms with Gasteiger partial charge in [-0.1, -0.05) is 56.0 Å². The van der Waals surface area contributed by atoms with Crippen LogP contribution in [0, 0.1) is 0 Å². The molecule has 1 aromatic carbocycles. The number of aliphatic hydroxyl groups is 1. The number of nitrogens with one attached hydrogen (secondary N) is 1. The number of aliphatic hydroxyl groups excluding tert-OH is 1. The molecule has 25 heavy (non-hydrogen) atoms.